The van der Waals surface area contributed by atoms with Crippen molar-refractivity contribution < 1.29 is 4.79 Å². The van der Waals surface area contributed by atoms with Gasteiger partial charge >= 0.3 is 0 Å². The highest BCUT2D eigenvalue weighted by Crippen LogP contribution is 2.36. The van der Waals surface area contributed by atoms with Gasteiger partial charge in [0.25, 0.3) is 0 Å². The molecule has 0 aromatic heterocycles. The topological polar surface area (TPSA) is 32.3 Å². The van der Waals surface area contributed by atoms with Gasteiger partial charge in [-0.05, 0) is 29.7 Å². The fourth-order valence-corrected chi connectivity index (χ4v) is 4.20. The molecule has 1 N–H and O–H groups in total. The van der Waals surface area contributed by atoms with Gasteiger partial charge < -0.3 is 5.32 Å². The molecule has 2 aliphatic heterocycles. The summed E-state index contributed by atoms with van der Waals surface area (Å²) >= 11 is 0. The summed E-state index contributed by atoms with van der Waals surface area (Å²) in [5.41, 5.74) is 1.38. The van der Waals surface area contributed by atoms with Crippen molar-refractivity contribution >= 4 is 5.91 Å². The second-order valence-corrected chi connectivity index (χ2v) is 7.01. The first-order valence-corrected chi connectivity index (χ1v) is 8.79. The van der Waals surface area contributed by atoms with E-state index < -0.39 is 0 Å². The number of rotatable bonds is 5. The normalized spacial score (nSPS) is 29.0. The highest BCUT2D eigenvalue weighted by atomic mass is 16.1. The van der Waals surface area contributed by atoms with Crippen molar-refractivity contribution in [2.75, 3.05) is 19.6 Å². The van der Waals surface area contributed by atoms with Crippen molar-refractivity contribution in [3.63, 3.8) is 0 Å². The zero-order valence-electron chi connectivity index (χ0n) is 13.6. The molecule has 1 aromatic rings. The van der Waals surface area contributed by atoms with E-state index in [1.165, 1.54) is 24.8 Å². The fraction of sp³-hybridized carbons (Fsp3) is 0.632. The van der Waals surface area contributed by atoms with Crippen LogP contribution >= 0.6 is 0 Å². The zero-order valence-corrected chi connectivity index (χ0v) is 13.6. The minimum Gasteiger partial charge on any atom is -0.356 e. The van der Waals surface area contributed by atoms with Crippen LogP contribution in [0.3, 0.4) is 0 Å². The summed E-state index contributed by atoms with van der Waals surface area (Å²) in [7, 11) is 0. The molecule has 1 aromatic carbocycles. The number of hydrogen-bond donors (Lipinski definition) is 1. The average molecular weight is 300 g/mol. The van der Waals surface area contributed by atoms with Crippen LogP contribution in [0.25, 0.3) is 0 Å². The Hall–Kier alpha value is -1.35. The van der Waals surface area contributed by atoms with E-state index in [4.69, 9.17) is 0 Å². The summed E-state index contributed by atoms with van der Waals surface area (Å²) in [6.45, 7) is 6.40. The van der Waals surface area contributed by atoms with Gasteiger partial charge in [-0.2, -0.15) is 0 Å². The SMILES string of the molecule is CCCCC1CNC(=O)CC2CN(Cc3ccccc3)CC12. The first kappa shape index (κ1) is 15.5. The van der Waals surface area contributed by atoms with Gasteiger partial charge in [0.2, 0.25) is 5.91 Å². The van der Waals surface area contributed by atoms with E-state index in [0.717, 1.165) is 32.6 Å². The third-order valence-electron chi connectivity index (χ3n) is 5.36. The van der Waals surface area contributed by atoms with Crippen LogP contribution in [0.15, 0.2) is 30.3 Å². The maximum atomic E-state index is 12.0. The van der Waals surface area contributed by atoms with Crippen LogP contribution in [0.2, 0.25) is 0 Å². The number of unbranched alkanes of at least 4 members (excludes halogenated alkanes) is 1. The Morgan fingerprint density at radius 3 is 2.82 bits per heavy atom. The molecule has 3 atom stereocenters. The Morgan fingerprint density at radius 1 is 1.23 bits per heavy atom. The molecule has 2 aliphatic rings. The summed E-state index contributed by atoms with van der Waals surface area (Å²) in [5.74, 6) is 2.16. The standard InChI is InChI=1S/C19H28N2O/c1-2-3-9-16-11-20-19(22)10-17-13-21(14-18(16)17)12-15-7-5-4-6-8-15/h4-8,16-18H,2-3,9-14H2,1H3,(H,20,22). The molecular formula is C19H28N2O. The molecule has 3 rings (SSSR count). The van der Waals surface area contributed by atoms with Gasteiger partial charge in [-0.3, -0.25) is 9.69 Å². The molecule has 3 nitrogen and oxygen atoms in total. The second-order valence-electron chi connectivity index (χ2n) is 7.01. The minimum absolute atomic E-state index is 0.260. The minimum atomic E-state index is 0.260. The van der Waals surface area contributed by atoms with Crippen molar-refractivity contribution in [3.05, 3.63) is 35.9 Å². The van der Waals surface area contributed by atoms with E-state index in [9.17, 15) is 4.79 Å². The Balaban J connectivity index is 1.66. The highest BCUT2D eigenvalue weighted by Gasteiger charge is 2.40. The molecule has 22 heavy (non-hydrogen) atoms. The van der Waals surface area contributed by atoms with Crippen molar-refractivity contribution in [2.45, 2.75) is 39.2 Å². The highest BCUT2D eigenvalue weighted by molar-refractivity contribution is 5.76. The summed E-state index contributed by atoms with van der Waals surface area (Å²) in [6, 6.07) is 10.7. The third kappa shape index (κ3) is 3.70. The maximum Gasteiger partial charge on any atom is 0.220 e. The van der Waals surface area contributed by atoms with Gasteiger partial charge in [0.05, 0.1) is 0 Å². The maximum absolute atomic E-state index is 12.0. The first-order valence-electron chi connectivity index (χ1n) is 8.79. The zero-order chi connectivity index (χ0) is 15.4. The van der Waals surface area contributed by atoms with Crippen LogP contribution in [0, 0.1) is 17.8 Å². The van der Waals surface area contributed by atoms with Crippen LogP contribution < -0.4 is 5.32 Å². The predicted molar refractivity (Wildman–Crippen MR) is 89.3 cm³/mol. The quantitative estimate of drug-likeness (QED) is 0.906. The molecule has 0 bridgehead atoms. The number of benzene rings is 1. The lowest BCUT2D eigenvalue weighted by Gasteiger charge is -2.24. The molecule has 0 radical (unpaired) electrons. The van der Waals surface area contributed by atoms with Gasteiger partial charge in [0, 0.05) is 32.6 Å². The fourth-order valence-electron chi connectivity index (χ4n) is 4.20. The van der Waals surface area contributed by atoms with Crippen molar-refractivity contribution in [3.8, 4) is 0 Å². The van der Waals surface area contributed by atoms with Crippen LogP contribution in [0.4, 0.5) is 0 Å². The molecule has 1 amide bonds. The number of nitrogens with one attached hydrogen (secondary N) is 1. The molecule has 3 unspecified atom stereocenters. The number of amides is 1. The summed E-state index contributed by atoms with van der Waals surface area (Å²) in [5, 5.41) is 3.14. The molecule has 120 valence electrons. The third-order valence-corrected chi connectivity index (χ3v) is 5.36. The van der Waals surface area contributed by atoms with Gasteiger partial charge in [-0.25, -0.2) is 0 Å². The van der Waals surface area contributed by atoms with E-state index >= 15 is 0 Å². The molecule has 0 spiro atoms. The van der Waals surface area contributed by atoms with Gasteiger partial charge in [0.15, 0.2) is 0 Å². The smallest absolute Gasteiger partial charge is 0.220 e. The van der Waals surface area contributed by atoms with Crippen LogP contribution in [0.5, 0.6) is 0 Å². The molecular weight excluding hydrogens is 272 g/mol. The monoisotopic (exact) mass is 300 g/mol. The van der Waals surface area contributed by atoms with Gasteiger partial charge in [-0.15, -0.1) is 0 Å². The Labute approximate surface area is 134 Å². The predicted octanol–water partition coefficient (Wildman–Crippen LogP) is 3.06. The Kier molecular flexibility index (Phi) is 5.14. The van der Waals surface area contributed by atoms with Gasteiger partial charge in [0.1, 0.15) is 0 Å². The number of nitrogens with zero attached hydrogens (tertiary/aromatic N) is 1. The van der Waals surface area contributed by atoms with Crippen molar-refractivity contribution in [1.29, 1.82) is 0 Å². The molecule has 2 saturated heterocycles. The van der Waals surface area contributed by atoms with E-state index in [2.05, 4.69) is 47.5 Å². The molecule has 0 aliphatic carbocycles. The van der Waals surface area contributed by atoms with Crippen LogP contribution in [-0.4, -0.2) is 30.4 Å². The Bertz CT molecular complexity index is 487. The van der Waals surface area contributed by atoms with E-state index in [1.54, 1.807) is 0 Å². The van der Waals surface area contributed by atoms with E-state index in [0.29, 0.717) is 17.8 Å². The lowest BCUT2D eigenvalue weighted by Crippen LogP contribution is -2.31. The summed E-state index contributed by atoms with van der Waals surface area (Å²) < 4.78 is 0. The lowest BCUT2D eigenvalue weighted by molar-refractivity contribution is -0.121. The summed E-state index contributed by atoms with van der Waals surface area (Å²) in [4.78, 5) is 14.5. The first-order chi connectivity index (χ1) is 10.8. The number of carbonyl (C=O) groups is 1. The number of likely N-dealkylation sites (tertiary alicyclic amines) is 1. The number of carbonyl (C=O) groups excluding carboxylic acids is 1. The van der Waals surface area contributed by atoms with E-state index in [1.807, 2.05) is 0 Å². The van der Waals surface area contributed by atoms with Gasteiger partial charge in [-0.1, -0.05) is 50.1 Å². The second kappa shape index (κ2) is 7.28. The Morgan fingerprint density at radius 2 is 2.05 bits per heavy atom. The largest absolute Gasteiger partial charge is 0.356 e. The van der Waals surface area contributed by atoms with E-state index in [-0.39, 0.29) is 5.91 Å². The molecule has 2 heterocycles. The molecule has 2 fully saturated rings. The lowest BCUT2D eigenvalue weighted by atomic mass is 9.81. The summed E-state index contributed by atoms with van der Waals surface area (Å²) in [6.07, 6.45) is 4.51. The van der Waals surface area contributed by atoms with Crippen LogP contribution in [-0.2, 0) is 11.3 Å². The molecule has 3 heteroatoms. The molecule has 0 saturated carbocycles. The number of hydrogen-bond acceptors (Lipinski definition) is 2. The van der Waals surface area contributed by atoms with Crippen LogP contribution in [0.1, 0.15) is 38.2 Å². The van der Waals surface area contributed by atoms with Crippen molar-refractivity contribution in [2.24, 2.45) is 17.8 Å². The number of fused-ring (bicyclic) bond motifs is 1. The van der Waals surface area contributed by atoms with Crippen molar-refractivity contribution in [1.82, 2.24) is 10.2 Å². The average Bonchev–Trinajstić information content (AvgIpc) is 2.84.